The summed E-state index contributed by atoms with van der Waals surface area (Å²) in [5.74, 6) is 0.109. The first kappa shape index (κ1) is 14.0. The predicted molar refractivity (Wildman–Crippen MR) is 72.6 cm³/mol. The molecule has 1 aromatic carbocycles. The van der Waals surface area contributed by atoms with Crippen LogP contribution in [-0.4, -0.2) is 30.4 Å². The van der Waals surface area contributed by atoms with Crippen molar-refractivity contribution in [1.29, 1.82) is 0 Å². The number of para-hydroxylation sites is 1. The summed E-state index contributed by atoms with van der Waals surface area (Å²) in [6.07, 6.45) is 3.15. The molecule has 1 aromatic rings. The average molecular weight is 255 g/mol. The van der Waals surface area contributed by atoms with Crippen molar-refractivity contribution >= 4 is 24.0 Å². The average Bonchev–Trinajstić information content (AvgIpc) is 2.81. The van der Waals surface area contributed by atoms with Gasteiger partial charge in [0.05, 0.1) is 0 Å². The zero-order valence-corrected chi connectivity index (χ0v) is 10.7. The lowest BCUT2D eigenvalue weighted by Gasteiger charge is -2.13. The van der Waals surface area contributed by atoms with E-state index in [9.17, 15) is 4.79 Å². The molecule has 0 saturated carbocycles. The molecular formula is C13H19ClN2O. The SMILES string of the molecule is Cl.O=C(CCN1CCCC1)Nc1ccccc1. The van der Waals surface area contributed by atoms with E-state index in [2.05, 4.69) is 10.2 Å². The van der Waals surface area contributed by atoms with Gasteiger partial charge in [0, 0.05) is 18.7 Å². The Hall–Kier alpha value is -1.06. The van der Waals surface area contributed by atoms with Crippen LogP contribution < -0.4 is 5.32 Å². The third-order valence-corrected chi connectivity index (χ3v) is 2.91. The van der Waals surface area contributed by atoms with E-state index in [1.807, 2.05) is 30.3 Å². The summed E-state index contributed by atoms with van der Waals surface area (Å²) in [6, 6.07) is 9.62. The third-order valence-electron chi connectivity index (χ3n) is 2.91. The van der Waals surface area contributed by atoms with Crippen LogP contribution in [0.15, 0.2) is 30.3 Å². The van der Waals surface area contributed by atoms with Crippen LogP contribution in [0, 0.1) is 0 Å². The third kappa shape index (κ3) is 4.75. The number of nitrogens with one attached hydrogen (secondary N) is 1. The van der Waals surface area contributed by atoms with E-state index in [1.165, 1.54) is 12.8 Å². The van der Waals surface area contributed by atoms with Gasteiger partial charge >= 0.3 is 0 Å². The van der Waals surface area contributed by atoms with Crippen LogP contribution in [0.5, 0.6) is 0 Å². The Morgan fingerprint density at radius 2 is 1.82 bits per heavy atom. The van der Waals surface area contributed by atoms with Crippen molar-refractivity contribution in [1.82, 2.24) is 4.90 Å². The molecule has 0 aromatic heterocycles. The molecule has 1 aliphatic heterocycles. The maximum atomic E-state index is 11.6. The largest absolute Gasteiger partial charge is 0.326 e. The molecule has 0 radical (unpaired) electrons. The molecular weight excluding hydrogens is 236 g/mol. The van der Waals surface area contributed by atoms with E-state index in [4.69, 9.17) is 0 Å². The van der Waals surface area contributed by atoms with Crippen LogP contribution in [0.3, 0.4) is 0 Å². The highest BCUT2D eigenvalue weighted by atomic mass is 35.5. The van der Waals surface area contributed by atoms with Gasteiger partial charge < -0.3 is 10.2 Å². The molecule has 0 spiro atoms. The molecule has 1 fully saturated rings. The Kier molecular flexibility index (Phi) is 6.01. The number of anilines is 1. The van der Waals surface area contributed by atoms with Gasteiger partial charge in [0.15, 0.2) is 0 Å². The summed E-state index contributed by atoms with van der Waals surface area (Å²) < 4.78 is 0. The topological polar surface area (TPSA) is 32.3 Å². The zero-order valence-electron chi connectivity index (χ0n) is 9.89. The Labute approximate surface area is 109 Å². The molecule has 0 unspecified atom stereocenters. The quantitative estimate of drug-likeness (QED) is 0.896. The second kappa shape index (κ2) is 7.30. The van der Waals surface area contributed by atoms with Crippen molar-refractivity contribution < 1.29 is 4.79 Å². The summed E-state index contributed by atoms with van der Waals surface area (Å²) in [7, 11) is 0. The summed E-state index contributed by atoms with van der Waals surface area (Å²) in [4.78, 5) is 14.0. The van der Waals surface area contributed by atoms with E-state index >= 15 is 0 Å². The number of amides is 1. The van der Waals surface area contributed by atoms with Gasteiger partial charge in [-0.15, -0.1) is 12.4 Å². The van der Waals surface area contributed by atoms with Crippen LogP contribution in [0.4, 0.5) is 5.69 Å². The number of halogens is 1. The van der Waals surface area contributed by atoms with Gasteiger partial charge in [0.1, 0.15) is 0 Å². The van der Waals surface area contributed by atoms with Crippen molar-refractivity contribution in [2.45, 2.75) is 19.3 Å². The summed E-state index contributed by atoms with van der Waals surface area (Å²) in [5, 5.41) is 2.90. The highest BCUT2D eigenvalue weighted by Gasteiger charge is 2.12. The van der Waals surface area contributed by atoms with Gasteiger partial charge in [0.2, 0.25) is 5.91 Å². The molecule has 1 aliphatic rings. The molecule has 2 rings (SSSR count). The first-order valence-corrected chi connectivity index (χ1v) is 5.92. The van der Waals surface area contributed by atoms with Gasteiger partial charge in [-0.05, 0) is 38.1 Å². The maximum absolute atomic E-state index is 11.6. The van der Waals surface area contributed by atoms with E-state index in [-0.39, 0.29) is 18.3 Å². The molecule has 4 heteroatoms. The number of carbonyl (C=O) groups is 1. The number of rotatable bonds is 4. The Morgan fingerprint density at radius 3 is 2.47 bits per heavy atom. The second-order valence-electron chi connectivity index (χ2n) is 4.21. The standard InChI is InChI=1S/C13H18N2O.ClH/c16-13(8-11-15-9-4-5-10-15)14-12-6-2-1-3-7-12;/h1-3,6-7H,4-5,8-11H2,(H,14,16);1H. The van der Waals surface area contributed by atoms with E-state index in [0.717, 1.165) is 25.3 Å². The highest BCUT2D eigenvalue weighted by molar-refractivity contribution is 5.90. The van der Waals surface area contributed by atoms with Gasteiger partial charge in [-0.25, -0.2) is 0 Å². The smallest absolute Gasteiger partial charge is 0.225 e. The van der Waals surface area contributed by atoms with Crippen LogP contribution >= 0.6 is 12.4 Å². The predicted octanol–water partition coefficient (Wildman–Crippen LogP) is 2.53. The van der Waals surface area contributed by atoms with E-state index in [1.54, 1.807) is 0 Å². The lowest BCUT2D eigenvalue weighted by atomic mass is 10.3. The molecule has 3 nitrogen and oxygen atoms in total. The fraction of sp³-hybridized carbons (Fsp3) is 0.462. The summed E-state index contributed by atoms with van der Waals surface area (Å²) in [5.41, 5.74) is 0.883. The minimum atomic E-state index is 0. The Balaban J connectivity index is 0.00000144. The first-order chi connectivity index (χ1) is 7.84. The number of likely N-dealkylation sites (tertiary alicyclic amines) is 1. The van der Waals surface area contributed by atoms with Gasteiger partial charge in [-0.3, -0.25) is 4.79 Å². The van der Waals surface area contributed by atoms with Crippen molar-refractivity contribution in [2.75, 3.05) is 25.0 Å². The van der Waals surface area contributed by atoms with Crippen molar-refractivity contribution in [2.24, 2.45) is 0 Å². The van der Waals surface area contributed by atoms with Crippen molar-refractivity contribution in [3.05, 3.63) is 30.3 Å². The summed E-state index contributed by atoms with van der Waals surface area (Å²) >= 11 is 0. The number of hydrogen-bond donors (Lipinski definition) is 1. The number of carbonyl (C=O) groups excluding carboxylic acids is 1. The first-order valence-electron chi connectivity index (χ1n) is 5.92. The summed E-state index contributed by atoms with van der Waals surface area (Å²) in [6.45, 7) is 3.19. The minimum Gasteiger partial charge on any atom is -0.326 e. The van der Waals surface area contributed by atoms with Crippen LogP contribution in [0.25, 0.3) is 0 Å². The van der Waals surface area contributed by atoms with E-state index < -0.39 is 0 Å². The van der Waals surface area contributed by atoms with Gasteiger partial charge in [-0.2, -0.15) is 0 Å². The molecule has 1 N–H and O–H groups in total. The molecule has 94 valence electrons. The van der Waals surface area contributed by atoms with Gasteiger partial charge in [0.25, 0.3) is 0 Å². The highest BCUT2D eigenvalue weighted by Crippen LogP contribution is 2.09. The lowest BCUT2D eigenvalue weighted by molar-refractivity contribution is -0.116. The molecule has 0 atom stereocenters. The van der Waals surface area contributed by atoms with Crippen molar-refractivity contribution in [3.63, 3.8) is 0 Å². The van der Waals surface area contributed by atoms with E-state index in [0.29, 0.717) is 6.42 Å². The number of hydrogen-bond acceptors (Lipinski definition) is 2. The maximum Gasteiger partial charge on any atom is 0.225 e. The molecule has 1 saturated heterocycles. The Bertz CT molecular complexity index is 337. The Morgan fingerprint density at radius 1 is 1.18 bits per heavy atom. The second-order valence-corrected chi connectivity index (χ2v) is 4.21. The molecule has 1 heterocycles. The minimum absolute atomic E-state index is 0. The van der Waals surface area contributed by atoms with Crippen molar-refractivity contribution in [3.8, 4) is 0 Å². The number of nitrogens with zero attached hydrogens (tertiary/aromatic N) is 1. The van der Waals surface area contributed by atoms with Crippen LogP contribution in [-0.2, 0) is 4.79 Å². The lowest BCUT2D eigenvalue weighted by Crippen LogP contribution is -2.24. The molecule has 1 amide bonds. The monoisotopic (exact) mass is 254 g/mol. The van der Waals surface area contributed by atoms with Crippen LogP contribution in [0.1, 0.15) is 19.3 Å². The normalized spacial score (nSPS) is 15.3. The molecule has 17 heavy (non-hydrogen) atoms. The van der Waals surface area contributed by atoms with Crippen LogP contribution in [0.2, 0.25) is 0 Å². The molecule has 0 bridgehead atoms. The van der Waals surface area contributed by atoms with Gasteiger partial charge in [-0.1, -0.05) is 18.2 Å². The number of benzene rings is 1. The zero-order chi connectivity index (χ0) is 11.2. The fourth-order valence-corrected chi connectivity index (χ4v) is 2.01. The fourth-order valence-electron chi connectivity index (χ4n) is 2.01. The molecule has 0 aliphatic carbocycles.